The molecule has 2 heterocycles. The number of aliphatic imine (C=N–C) groups is 1. The zero-order valence-electron chi connectivity index (χ0n) is 14.9. The number of rotatable bonds is 3. The van der Waals surface area contributed by atoms with Crippen molar-refractivity contribution in [3.63, 3.8) is 0 Å². The van der Waals surface area contributed by atoms with E-state index in [2.05, 4.69) is 21.9 Å². The summed E-state index contributed by atoms with van der Waals surface area (Å²) in [6.07, 6.45) is 1.45. The van der Waals surface area contributed by atoms with Gasteiger partial charge in [-0.05, 0) is 37.4 Å². The maximum absolute atomic E-state index is 14.5. The Balaban J connectivity index is 1.58. The molecule has 0 bridgehead atoms. The van der Waals surface area contributed by atoms with Crippen molar-refractivity contribution in [2.75, 3.05) is 38.1 Å². The van der Waals surface area contributed by atoms with Gasteiger partial charge in [-0.25, -0.2) is 8.78 Å². The molecule has 5 nitrogen and oxygen atoms in total. The Morgan fingerprint density at radius 1 is 1.07 bits per heavy atom. The predicted octanol–water partition coefficient (Wildman–Crippen LogP) is 3.65. The fourth-order valence-electron chi connectivity index (χ4n) is 3.33. The van der Waals surface area contributed by atoms with Gasteiger partial charge in [-0.15, -0.1) is 0 Å². The highest BCUT2D eigenvalue weighted by atomic mass is 19.1. The molecule has 0 spiro atoms. The van der Waals surface area contributed by atoms with Crippen LogP contribution in [-0.2, 0) is 0 Å². The molecular formula is C20H20F2N4O. The highest BCUT2D eigenvalue weighted by molar-refractivity contribution is 6.02. The van der Waals surface area contributed by atoms with E-state index >= 15 is 0 Å². The third-order valence-electron chi connectivity index (χ3n) is 4.90. The number of fused-ring (bicyclic) bond motifs is 1. The van der Waals surface area contributed by atoms with E-state index in [0.29, 0.717) is 27.8 Å². The highest BCUT2D eigenvalue weighted by Gasteiger charge is 2.17. The van der Waals surface area contributed by atoms with Gasteiger partial charge in [-0.1, -0.05) is 0 Å². The summed E-state index contributed by atoms with van der Waals surface area (Å²) in [7, 11) is 2.06. The van der Waals surface area contributed by atoms with E-state index in [1.54, 1.807) is 18.2 Å². The van der Waals surface area contributed by atoms with Crippen molar-refractivity contribution >= 4 is 28.5 Å². The van der Waals surface area contributed by atoms with Crippen LogP contribution < -0.4 is 4.90 Å². The first kappa shape index (κ1) is 17.5. The summed E-state index contributed by atoms with van der Waals surface area (Å²) in [4.78, 5) is 11.2. The van der Waals surface area contributed by atoms with E-state index in [4.69, 9.17) is 0 Å². The Kier molecular flexibility index (Phi) is 4.53. The molecule has 0 atom stereocenters. The average molecular weight is 370 g/mol. The van der Waals surface area contributed by atoms with Crippen LogP contribution in [0.15, 0.2) is 41.4 Å². The van der Waals surface area contributed by atoms with Gasteiger partial charge >= 0.3 is 0 Å². The maximum atomic E-state index is 14.5. The van der Waals surface area contributed by atoms with Crippen LogP contribution in [0.3, 0.4) is 0 Å². The normalized spacial score (nSPS) is 15.9. The van der Waals surface area contributed by atoms with Crippen molar-refractivity contribution in [3.8, 4) is 5.88 Å². The monoisotopic (exact) mass is 370 g/mol. The third kappa shape index (κ3) is 3.50. The lowest BCUT2D eigenvalue weighted by atomic mass is 10.2. The predicted molar refractivity (Wildman–Crippen MR) is 103 cm³/mol. The van der Waals surface area contributed by atoms with E-state index in [1.807, 2.05) is 4.90 Å². The van der Waals surface area contributed by atoms with E-state index in [-0.39, 0.29) is 11.7 Å². The van der Waals surface area contributed by atoms with Crippen molar-refractivity contribution in [2.24, 2.45) is 4.99 Å². The molecule has 1 fully saturated rings. The lowest BCUT2D eigenvalue weighted by Crippen LogP contribution is -2.44. The largest absolute Gasteiger partial charge is 0.494 e. The first-order valence-corrected chi connectivity index (χ1v) is 8.78. The number of anilines is 1. The molecule has 4 rings (SSSR count). The number of aromatic hydroxyl groups is 1. The minimum Gasteiger partial charge on any atom is -0.494 e. The number of H-pyrrole nitrogens is 1. The Hall–Kier alpha value is -2.93. The molecule has 1 aliphatic heterocycles. The number of nitrogens with one attached hydrogen (secondary N) is 1. The van der Waals surface area contributed by atoms with Gasteiger partial charge in [0, 0.05) is 43.8 Å². The molecule has 0 radical (unpaired) electrons. The summed E-state index contributed by atoms with van der Waals surface area (Å²) in [5.41, 5.74) is 1.94. The summed E-state index contributed by atoms with van der Waals surface area (Å²) in [5.74, 6) is -0.817. The molecule has 140 valence electrons. The number of hydrogen-bond donors (Lipinski definition) is 2. The lowest BCUT2D eigenvalue weighted by molar-refractivity contribution is 0.311. The van der Waals surface area contributed by atoms with Crippen molar-refractivity contribution in [1.82, 2.24) is 9.88 Å². The molecule has 1 aromatic heterocycles. The molecular weight excluding hydrogens is 350 g/mol. The van der Waals surface area contributed by atoms with E-state index in [0.717, 1.165) is 26.2 Å². The SMILES string of the molecule is CN1CCN(c2ccc(N=Cc3c(O)[nH]c4cc(F)ccc34)cc2F)CC1. The third-order valence-corrected chi connectivity index (χ3v) is 4.90. The summed E-state index contributed by atoms with van der Waals surface area (Å²) in [5, 5.41) is 10.7. The fraction of sp³-hybridized carbons (Fsp3) is 0.250. The quantitative estimate of drug-likeness (QED) is 0.692. The van der Waals surface area contributed by atoms with Crippen molar-refractivity contribution in [1.29, 1.82) is 0 Å². The van der Waals surface area contributed by atoms with E-state index in [1.165, 1.54) is 24.4 Å². The zero-order chi connectivity index (χ0) is 19.0. The van der Waals surface area contributed by atoms with Gasteiger partial charge in [-0.3, -0.25) is 4.99 Å². The van der Waals surface area contributed by atoms with Gasteiger partial charge in [0.05, 0.1) is 22.5 Å². The molecule has 27 heavy (non-hydrogen) atoms. The van der Waals surface area contributed by atoms with Crippen LogP contribution in [0.4, 0.5) is 20.2 Å². The molecule has 0 saturated carbocycles. The minimum atomic E-state index is -0.395. The van der Waals surface area contributed by atoms with Crippen molar-refractivity contribution in [3.05, 3.63) is 53.6 Å². The second-order valence-electron chi connectivity index (χ2n) is 6.76. The van der Waals surface area contributed by atoms with Gasteiger partial charge in [-0.2, -0.15) is 0 Å². The molecule has 1 aliphatic rings. The van der Waals surface area contributed by atoms with Crippen LogP contribution in [0.1, 0.15) is 5.56 Å². The number of aromatic amines is 1. The second kappa shape index (κ2) is 7.00. The van der Waals surface area contributed by atoms with Gasteiger partial charge in [0.15, 0.2) is 5.88 Å². The number of aromatic nitrogens is 1. The first-order chi connectivity index (χ1) is 13.0. The highest BCUT2D eigenvalue weighted by Crippen LogP contribution is 2.28. The number of nitrogens with zero attached hydrogens (tertiary/aromatic N) is 3. The summed E-state index contributed by atoms with van der Waals surface area (Å²) in [6, 6.07) is 9.06. The molecule has 0 amide bonds. The van der Waals surface area contributed by atoms with Crippen LogP contribution in [0.5, 0.6) is 5.88 Å². The van der Waals surface area contributed by atoms with Crippen LogP contribution in [-0.4, -0.2) is 54.4 Å². The Morgan fingerprint density at radius 3 is 2.59 bits per heavy atom. The van der Waals surface area contributed by atoms with Gasteiger partial charge in [0.25, 0.3) is 0 Å². The summed E-state index contributed by atoms with van der Waals surface area (Å²) >= 11 is 0. The van der Waals surface area contributed by atoms with Crippen LogP contribution in [0, 0.1) is 11.6 Å². The number of likely N-dealkylation sites (N-methyl/N-ethyl adjacent to an activating group) is 1. The molecule has 0 aliphatic carbocycles. The molecule has 3 aromatic rings. The fourth-order valence-corrected chi connectivity index (χ4v) is 3.33. The Morgan fingerprint density at radius 2 is 1.85 bits per heavy atom. The Bertz CT molecular complexity index is 1010. The summed E-state index contributed by atoms with van der Waals surface area (Å²) < 4.78 is 27.8. The van der Waals surface area contributed by atoms with E-state index in [9.17, 15) is 13.9 Å². The topological polar surface area (TPSA) is 54.9 Å². The van der Waals surface area contributed by atoms with Gasteiger partial charge in [0.2, 0.25) is 0 Å². The molecule has 2 N–H and O–H groups in total. The average Bonchev–Trinajstić information content (AvgIpc) is 2.95. The standard InChI is InChI=1S/C20H20F2N4O/c1-25-6-8-26(9-7-25)19-5-3-14(11-17(19)22)23-12-16-15-4-2-13(21)10-18(15)24-20(16)27/h2-5,10-12,24,27H,6-9H2,1H3. The number of piperazine rings is 1. The number of halogens is 2. The lowest BCUT2D eigenvalue weighted by Gasteiger charge is -2.34. The first-order valence-electron chi connectivity index (χ1n) is 8.78. The molecule has 7 heteroatoms. The van der Waals surface area contributed by atoms with Crippen LogP contribution >= 0.6 is 0 Å². The molecule has 2 aromatic carbocycles. The second-order valence-corrected chi connectivity index (χ2v) is 6.76. The smallest absolute Gasteiger partial charge is 0.198 e. The minimum absolute atomic E-state index is 0.103. The molecule has 0 unspecified atom stereocenters. The van der Waals surface area contributed by atoms with Crippen molar-refractivity contribution in [2.45, 2.75) is 0 Å². The van der Waals surface area contributed by atoms with Crippen LogP contribution in [0.2, 0.25) is 0 Å². The number of benzene rings is 2. The maximum Gasteiger partial charge on any atom is 0.198 e. The molecule has 1 saturated heterocycles. The zero-order valence-corrected chi connectivity index (χ0v) is 14.9. The number of hydrogen-bond acceptors (Lipinski definition) is 4. The van der Waals surface area contributed by atoms with Gasteiger partial charge < -0.3 is 19.9 Å². The van der Waals surface area contributed by atoms with E-state index < -0.39 is 5.82 Å². The van der Waals surface area contributed by atoms with Gasteiger partial charge in [0.1, 0.15) is 11.6 Å². The van der Waals surface area contributed by atoms with Crippen LogP contribution in [0.25, 0.3) is 10.9 Å². The van der Waals surface area contributed by atoms with Crippen molar-refractivity contribution < 1.29 is 13.9 Å². The Labute approximate surface area is 155 Å². The summed E-state index contributed by atoms with van der Waals surface area (Å²) in [6.45, 7) is 3.38.